The number of ketones is 1. The summed E-state index contributed by atoms with van der Waals surface area (Å²) in [6, 6.07) is 9.60. The van der Waals surface area contributed by atoms with Gasteiger partial charge in [-0.05, 0) is 12.8 Å². The second-order valence-electron chi connectivity index (χ2n) is 3.98. The van der Waals surface area contributed by atoms with E-state index in [-0.39, 0.29) is 11.0 Å². The van der Waals surface area contributed by atoms with Crippen LogP contribution in [-0.2, 0) is 0 Å². The summed E-state index contributed by atoms with van der Waals surface area (Å²) in [5, 5.41) is 0.662. The summed E-state index contributed by atoms with van der Waals surface area (Å²) in [7, 11) is 0. The predicted octanol–water partition coefficient (Wildman–Crippen LogP) is 4.18. The predicted molar refractivity (Wildman–Crippen MR) is 72.2 cm³/mol. The number of carbonyl (C=O) groups excluding carboxylic acids is 1. The summed E-state index contributed by atoms with van der Waals surface area (Å²) >= 11 is 1.80. The van der Waals surface area contributed by atoms with Crippen molar-refractivity contribution in [3.63, 3.8) is 0 Å². The van der Waals surface area contributed by atoms with Gasteiger partial charge in [-0.2, -0.15) is 0 Å². The average Bonchev–Trinajstić information content (AvgIpc) is 2.35. The molecule has 0 aliphatic heterocycles. The lowest BCUT2D eigenvalue weighted by molar-refractivity contribution is 0.0988. The van der Waals surface area contributed by atoms with Crippen LogP contribution in [0.1, 0.15) is 44.0 Å². The van der Waals surface area contributed by atoms with E-state index < -0.39 is 0 Å². The zero-order valence-corrected chi connectivity index (χ0v) is 11.1. The third kappa shape index (κ3) is 3.67. The van der Waals surface area contributed by atoms with Crippen molar-refractivity contribution in [3.8, 4) is 0 Å². The van der Waals surface area contributed by atoms with Gasteiger partial charge in [0.25, 0.3) is 0 Å². The van der Waals surface area contributed by atoms with Crippen LogP contribution in [0, 0.1) is 0 Å². The molecular formula is C14H20OS. The van der Waals surface area contributed by atoms with Gasteiger partial charge in [0.05, 0.1) is 5.25 Å². The molecule has 2 heteroatoms. The molecule has 0 N–H and O–H groups in total. The van der Waals surface area contributed by atoms with Crippen LogP contribution in [0.3, 0.4) is 0 Å². The van der Waals surface area contributed by atoms with E-state index in [9.17, 15) is 4.79 Å². The number of thioether (sulfide) groups is 1. The van der Waals surface area contributed by atoms with Crippen LogP contribution in [0.5, 0.6) is 0 Å². The number of carbonyl (C=O) groups is 1. The van der Waals surface area contributed by atoms with E-state index in [4.69, 9.17) is 0 Å². The Morgan fingerprint density at radius 1 is 1.19 bits per heavy atom. The first-order valence-electron chi connectivity index (χ1n) is 5.93. The summed E-state index contributed by atoms with van der Waals surface area (Å²) in [6.45, 7) is 6.43. The summed E-state index contributed by atoms with van der Waals surface area (Å²) < 4.78 is 0. The first-order valence-corrected chi connectivity index (χ1v) is 6.88. The van der Waals surface area contributed by atoms with Crippen molar-refractivity contribution in [2.75, 3.05) is 0 Å². The Morgan fingerprint density at radius 2 is 1.81 bits per heavy atom. The molecule has 0 aromatic heterocycles. The number of rotatable bonds is 6. The largest absolute Gasteiger partial charge is 0.293 e. The fourth-order valence-corrected chi connectivity index (χ4v) is 2.71. The highest BCUT2D eigenvalue weighted by Gasteiger charge is 2.20. The van der Waals surface area contributed by atoms with Crippen molar-refractivity contribution in [1.29, 1.82) is 0 Å². The van der Waals surface area contributed by atoms with E-state index in [0.29, 0.717) is 5.25 Å². The van der Waals surface area contributed by atoms with Gasteiger partial charge in [-0.3, -0.25) is 4.79 Å². The lowest BCUT2D eigenvalue weighted by Crippen LogP contribution is -2.19. The summed E-state index contributed by atoms with van der Waals surface area (Å²) in [6.07, 6.45) is 2.02. The van der Waals surface area contributed by atoms with E-state index in [1.807, 2.05) is 30.3 Å². The van der Waals surface area contributed by atoms with Crippen LogP contribution in [0.15, 0.2) is 30.3 Å². The molecular weight excluding hydrogens is 216 g/mol. The molecule has 0 aliphatic carbocycles. The molecule has 0 heterocycles. The highest BCUT2D eigenvalue weighted by molar-refractivity contribution is 8.01. The SMILES string of the molecule is CCC(C)SC(CC)C(=O)c1ccccc1. The molecule has 0 fully saturated rings. The molecule has 88 valence electrons. The fraction of sp³-hybridized carbons (Fsp3) is 0.500. The fourth-order valence-electron chi connectivity index (χ4n) is 1.51. The normalized spacial score (nSPS) is 14.4. The summed E-state index contributed by atoms with van der Waals surface area (Å²) in [4.78, 5) is 12.2. The van der Waals surface area contributed by atoms with Gasteiger partial charge in [0.1, 0.15) is 0 Å². The molecule has 0 radical (unpaired) electrons. The molecule has 16 heavy (non-hydrogen) atoms. The van der Waals surface area contributed by atoms with Crippen LogP contribution in [0.25, 0.3) is 0 Å². The van der Waals surface area contributed by atoms with Crippen LogP contribution in [0.4, 0.5) is 0 Å². The molecule has 2 unspecified atom stereocenters. The van der Waals surface area contributed by atoms with E-state index in [1.165, 1.54) is 0 Å². The van der Waals surface area contributed by atoms with Crippen molar-refractivity contribution >= 4 is 17.5 Å². The molecule has 1 nitrogen and oxygen atoms in total. The monoisotopic (exact) mass is 236 g/mol. The zero-order valence-electron chi connectivity index (χ0n) is 10.3. The van der Waals surface area contributed by atoms with Gasteiger partial charge in [0.15, 0.2) is 5.78 Å². The van der Waals surface area contributed by atoms with Gasteiger partial charge < -0.3 is 0 Å². The van der Waals surface area contributed by atoms with Crippen molar-refractivity contribution in [3.05, 3.63) is 35.9 Å². The van der Waals surface area contributed by atoms with E-state index in [1.54, 1.807) is 11.8 Å². The Kier molecular flexibility index (Phi) is 5.61. The van der Waals surface area contributed by atoms with Crippen LogP contribution in [-0.4, -0.2) is 16.3 Å². The molecule has 0 saturated heterocycles. The Hall–Kier alpha value is -0.760. The lowest BCUT2D eigenvalue weighted by Gasteiger charge is -2.17. The first-order chi connectivity index (χ1) is 7.69. The number of Topliss-reactive ketones (excluding diaryl/α,β-unsaturated/α-hetero) is 1. The minimum absolute atomic E-state index is 0.109. The molecule has 0 amide bonds. The van der Waals surface area contributed by atoms with Crippen LogP contribution >= 0.6 is 11.8 Å². The molecule has 0 bridgehead atoms. The minimum atomic E-state index is 0.109. The van der Waals surface area contributed by atoms with E-state index in [0.717, 1.165) is 18.4 Å². The Labute approximate surface area is 103 Å². The van der Waals surface area contributed by atoms with Crippen LogP contribution < -0.4 is 0 Å². The Morgan fingerprint density at radius 3 is 2.31 bits per heavy atom. The highest BCUT2D eigenvalue weighted by atomic mass is 32.2. The minimum Gasteiger partial charge on any atom is -0.293 e. The maximum Gasteiger partial charge on any atom is 0.175 e. The molecule has 1 aromatic rings. The Bertz CT molecular complexity index is 321. The second kappa shape index (κ2) is 6.74. The quantitative estimate of drug-likeness (QED) is 0.689. The Balaban J connectivity index is 2.70. The lowest BCUT2D eigenvalue weighted by atomic mass is 10.1. The summed E-state index contributed by atoms with van der Waals surface area (Å²) in [5.41, 5.74) is 0.838. The van der Waals surface area contributed by atoms with Gasteiger partial charge in [-0.1, -0.05) is 51.1 Å². The topological polar surface area (TPSA) is 17.1 Å². The maximum atomic E-state index is 12.2. The van der Waals surface area contributed by atoms with Gasteiger partial charge in [-0.15, -0.1) is 11.8 Å². The first kappa shape index (κ1) is 13.3. The molecule has 0 saturated carbocycles. The van der Waals surface area contributed by atoms with Crippen molar-refractivity contribution in [2.45, 2.75) is 44.1 Å². The molecule has 0 spiro atoms. The third-order valence-corrected chi connectivity index (χ3v) is 4.37. The third-order valence-electron chi connectivity index (χ3n) is 2.69. The van der Waals surface area contributed by atoms with Gasteiger partial charge in [0.2, 0.25) is 0 Å². The van der Waals surface area contributed by atoms with Crippen molar-refractivity contribution in [2.24, 2.45) is 0 Å². The second-order valence-corrected chi connectivity index (χ2v) is 5.63. The number of hydrogen-bond acceptors (Lipinski definition) is 2. The van der Waals surface area contributed by atoms with E-state index in [2.05, 4.69) is 20.8 Å². The van der Waals surface area contributed by atoms with Gasteiger partial charge in [-0.25, -0.2) is 0 Å². The smallest absolute Gasteiger partial charge is 0.175 e. The number of benzene rings is 1. The number of hydrogen-bond donors (Lipinski definition) is 0. The van der Waals surface area contributed by atoms with Crippen molar-refractivity contribution in [1.82, 2.24) is 0 Å². The standard InChI is InChI=1S/C14H20OS/c1-4-11(3)16-13(5-2)14(15)12-9-7-6-8-10-12/h6-11,13H,4-5H2,1-3H3. The molecule has 0 aliphatic rings. The summed E-state index contributed by atoms with van der Waals surface area (Å²) in [5.74, 6) is 0.272. The average molecular weight is 236 g/mol. The zero-order chi connectivity index (χ0) is 12.0. The highest BCUT2D eigenvalue weighted by Crippen LogP contribution is 2.25. The van der Waals surface area contributed by atoms with E-state index >= 15 is 0 Å². The van der Waals surface area contributed by atoms with Crippen molar-refractivity contribution < 1.29 is 4.79 Å². The maximum absolute atomic E-state index is 12.2. The van der Waals surface area contributed by atoms with Crippen LogP contribution in [0.2, 0.25) is 0 Å². The molecule has 1 aromatic carbocycles. The molecule has 1 rings (SSSR count). The van der Waals surface area contributed by atoms with Gasteiger partial charge in [0, 0.05) is 10.8 Å². The van der Waals surface area contributed by atoms with Gasteiger partial charge >= 0.3 is 0 Å². The molecule has 2 atom stereocenters.